The van der Waals surface area contributed by atoms with Gasteiger partial charge in [-0.15, -0.1) is 0 Å². The van der Waals surface area contributed by atoms with Crippen LogP contribution in [-0.4, -0.2) is 39.6 Å². The molecule has 25 heavy (non-hydrogen) atoms. The maximum absolute atomic E-state index is 11.9. The molecule has 2 aromatic rings. The number of halogens is 2. The Labute approximate surface area is 151 Å². The van der Waals surface area contributed by atoms with Gasteiger partial charge in [-0.2, -0.15) is 5.10 Å². The lowest BCUT2D eigenvalue weighted by Gasteiger charge is -2.07. The molecule has 0 fully saturated rings. The maximum atomic E-state index is 11.9. The average molecular weight is 387 g/mol. The van der Waals surface area contributed by atoms with E-state index in [4.69, 9.17) is 23.2 Å². The van der Waals surface area contributed by atoms with Gasteiger partial charge in [0.1, 0.15) is 5.69 Å². The van der Waals surface area contributed by atoms with Gasteiger partial charge in [-0.3, -0.25) is 9.48 Å². The van der Waals surface area contributed by atoms with Crippen molar-refractivity contribution in [2.75, 3.05) is 6.79 Å². The van der Waals surface area contributed by atoms with Crippen LogP contribution in [0.25, 0.3) is 0 Å². The van der Waals surface area contributed by atoms with E-state index in [9.17, 15) is 19.5 Å². The average Bonchev–Trinajstić information content (AvgIpc) is 2.94. The number of carbonyl (C=O) groups excluding carboxylic acids is 2. The highest BCUT2D eigenvalue weighted by Crippen LogP contribution is 2.22. The SMILES string of the molecule is CC(=O)OCOC(=O)c1cc(C(=O)O)n(Cc2ccc(Cl)cc2Cl)n1. The van der Waals surface area contributed by atoms with E-state index in [1.807, 2.05) is 0 Å². The van der Waals surface area contributed by atoms with Crippen molar-refractivity contribution in [2.45, 2.75) is 13.5 Å². The standard InChI is InChI=1S/C15H12Cl2N2O6/c1-8(20)24-7-25-15(23)12-5-13(14(21)22)19(18-12)6-9-2-3-10(16)4-11(9)17/h2-5H,6-7H2,1H3,(H,21,22). The first-order chi connectivity index (χ1) is 11.8. The molecule has 0 radical (unpaired) electrons. The second-order valence-corrected chi connectivity index (χ2v) is 5.64. The van der Waals surface area contributed by atoms with E-state index in [2.05, 4.69) is 14.6 Å². The highest BCUT2D eigenvalue weighted by molar-refractivity contribution is 6.35. The van der Waals surface area contributed by atoms with Gasteiger partial charge < -0.3 is 14.6 Å². The van der Waals surface area contributed by atoms with Gasteiger partial charge in [-0.1, -0.05) is 29.3 Å². The molecule has 132 valence electrons. The zero-order valence-corrected chi connectivity index (χ0v) is 14.4. The molecule has 0 aliphatic heterocycles. The molecule has 0 amide bonds. The molecule has 0 aliphatic rings. The molecule has 0 atom stereocenters. The topological polar surface area (TPSA) is 108 Å². The Morgan fingerprint density at radius 3 is 2.52 bits per heavy atom. The van der Waals surface area contributed by atoms with Crippen LogP contribution >= 0.6 is 23.2 Å². The van der Waals surface area contributed by atoms with Crippen molar-refractivity contribution in [3.05, 3.63) is 51.3 Å². The summed E-state index contributed by atoms with van der Waals surface area (Å²) in [5, 5.41) is 13.9. The van der Waals surface area contributed by atoms with Crippen molar-refractivity contribution in [3.63, 3.8) is 0 Å². The number of rotatable bonds is 6. The summed E-state index contributed by atoms with van der Waals surface area (Å²) >= 11 is 11.9. The largest absolute Gasteiger partial charge is 0.477 e. The lowest BCUT2D eigenvalue weighted by Crippen LogP contribution is -2.13. The molecular weight excluding hydrogens is 375 g/mol. The van der Waals surface area contributed by atoms with Crippen LogP contribution in [0, 0.1) is 0 Å². The van der Waals surface area contributed by atoms with Crippen LogP contribution < -0.4 is 0 Å². The second kappa shape index (κ2) is 8.00. The molecule has 10 heteroatoms. The third-order valence-electron chi connectivity index (χ3n) is 3.00. The fraction of sp³-hybridized carbons (Fsp3) is 0.200. The summed E-state index contributed by atoms with van der Waals surface area (Å²) in [7, 11) is 0. The van der Waals surface area contributed by atoms with E-state index in [1.54, 1.807) is 12.1 Å². The number of aromatic nitrogens is 2. The smallest absolute Gasteiger partial charge is 0.361 e. The van der Waals surface area contributed by atoms with E-state index < -0.39 is 24.7 Å². The van der Waals surface area contributed by atoms with E-state index >= 15 is 0 Å². The number of nitrogens with zero attached hydrogens (tertiary/aromatic N) is 2. The predicted molar refractivity (Wildman–Crippen MR) is 86.8 cm³/mol. The number of esters is 2. The molecular formula is C15H12Cl2N2O6. The molecule has 0 bridgehead atoms. The zero-order chi connectivity index (χ0) is 18.6. The maximum Gasteiger partial charge on any atom is 0.361 e. The fourth-order valence-corrected chi connectivity index (χ4v) is 2.33. The molecule has 0 saturated carbocycles. The Balaban J connectivity index is 2.22. The molecule has 0 spiro atoms. The van der Waals surface area contributed by atoms with Gasteiger partial charge in [0.2, 0.25) is 6.79 Å². The first-order valence-electron chi connectivity index (χ1n) is 6.83. The second-order valence-electron chi connectivity index (χ2n) is 4.80. The Morgan fingerprint density at radius 2 is 1.92 bits per heavy atom. The normalized spacial score (nSPS) is 10.4. The minimum Gasteiger partial charge on any atom is -0.477 e. The highest BCUT2D eigenvalue weighted by atomic mass is 35.5. The number of carbonyl (C=O) groups is 3. The van der Waals surface area contributed by atoms with Crippen LogP contribution in [0.4, 0.5) is 0 Å². The van der Waals surface area contributed by atoms with Crippen molar-refractivity contribution in [1.29, 1.82) is 0 Å². The summed E-state index contributed by atoms with van der Waals surface area (Å²) in [4.78, 5) is 33.8. The summed E-state index contributed by atoms with van der Waals surface area (Å²) in [6.07, 6.45) is 0. The number of hydrogen-bond donors (Lipinski definition) is 1. The molecule has 0 saturated heterocycles. The molecule has 1 heterocycles. The van der Waals surface area contributed by atoms with Gasteiger partial charge in [0.25, 0.3) is 0 Å². The van der Waals surface area contributed by atoms with Crippen LogP contribution in [0.5, 0.6) is 0 Å². The molecule has 0 unspecified atom stereocenters. The number of aromatic carboxylic acids is 1. The van der Waals surface area contributed by atoms with Crippen LogP contribution in [0.15, 0.2) is 24.3 Å². The van der Waals surface area contributed by atoms with Gasteiger partial charge in [-0.05, 0) is 17.7 Å². The third-order valence-corrected chi connectivity index (χ3v) is 3.58. The van der Waals surface area contributed by atoms with Crippen molar-refractivity contribution >= 4 is 41.1 Å². The van der Waals surface area contributed by atoms with Crippen molar-refractivity contribution in [2.24, 2.45) is 0 Å². The predicted octanol–water partition coefficient (Wildman–Crippen LogP) is 2.61. The molecule has 8 nitrogen and oxygen atoms in total. The number of carboxylic acids is 1. The lowest BCUT2D eigenvalue weighted by molar-refractivity contribution is -0.149. The van der Waals surface area contributed by atoms with Crippen LogP contribution in [0.3, 0.4) is 0 Å². The van der Waals surface area contributed by atoms with Gasteiger partial charge in [-0.25, -0.2) is 9.59 Å². The first kappa shape index (κ1) is 18.8. The molecule has 0 aliphatic carbocycles. The van der Waals surface area contributed by atoms with Crippen LogP contribution in [0.1, 0.15) is 33.5 Å². The van der Waals surface area contributed by atoms with Crippen LogP contribution in [0.2, 0.25) is 10.0 Å². The van der Waals surface area contributed by atoms with Crippen molar-refractivity contribution in [3.8, 4) is 0 Å². The molecule has 1 aromatic carbocycles. The lowest BCUT2D eigenvalue weighted by atomic mass is 10.2. The molecule has 1 N–H and O–H groups in total. The quantitative estimate of drug-likeness (QED) is 0.600. The van der Waals surface area contributed by atoms with Gasteiger partial charge in [0.05, 0.1) is 6.54 Å². The first-order valence-corrected chi connectivity index (χ1v) is 7.59. The molecule has 1 aromatic heterocycles. The summed E-state index contributed by atoms with van der Waals surface area (Å²) in [5.74, 6) is -2.83. The summed E-state index contributed by atoms with van der Waals surface area (Å²) in [6.45, 7) is 0.572. The van der Waals surface area contributed by atoms with E-state index in [-0.39, 0.29) is 17.9 Å². The van der Waals surface area contributed by atoms with E-state index in [0.717, 1.165) is 17.7 Å². The fourth-order valence-electron chi connectivity index (χ4n) is 1.86. The summed E-state index contributed by atoms with van der Waals surface area (Å²) in [5.41, 5.74) is 0.0941. The van der Waals surface area contributed by atoms with Crippen molar-refractivity contribution < 1.29 is 29.0 Å². The van der Waals surface area contributed by atoms with Gasteiger partial charge in [0.15, 0.2) is 5.69 Å². The Bertz CT molecular complexity index is 833. The Morgan fingerprint density at radius 1 is 1.20 bits per heavy atom. The molecule has 2 rings (SSSR count). The zero-order valence-electron chi connectivity index (χ0n) is 12.9. The number of ether oxygens (including phenoxy) is 2. The number of hydrogen-bond acceptors (Lipinski definition) is 6. The minimum absolute atomic E-state index is 0.00879. The van der Waals surface area contributed by atoms with Crippen molar-refractivity contribution in [1.82, 2.24) is 9.78 Å². The Kier molecular flexibility index (Phi) is 6.00. The third kappa shape index (κ3) is 4.94. The van der Waals surface area contributed by atoms with Crippen LogP contribution in [-0.2, 0) is 20.8 Å². The number of carboxylic acid groups (broad SMARTS) is 1. The summed E-state index contributed by atoms with van der Waals surface area (Å²) < 4.78 is 10.3. The van der Waals surface area contributed by atoms with Gasteiger partial charge in [0, 0.05) is 23.0 Å². The highest BCUT2D eigenvalue weighted by Gasteiger charge is 2.20. The van der Waals surface area contributed by atoms with E-state index in [0.29, 0.717) is 15.6 Å². The monoisotopic (exact) mass is 386 g/mol. The van der Waals surface area contributed by atoms with Gasteiger partial charge >= 0.3 is 17.9 Å². The number of benzene rings is 1. The summed E-state index contributed by atoms with van der Waals surface area (Å²) in [6, 6.07) is 5.79. The minimum atomic E-state index is -1.28. The van der Waals surface area contributed by atoms with E-state index in [1.165, 1.54) is 6.07 Å². The Hall–Kier alpha value is -2.58.